The molecular weight excluding hydrogens is 352 g/mol. The van der Waals surface area contributed by atoms with Crippen molar-refractivity contribution in [1.29, 1.82) is 0 Å². The van der Waals surface area contributed by atoms with Crippen LogP contribution in [-0.4, -0.2) is 70.8 Å². The molecule has 0 saturated carbocycles. The summed E-state index contributed by atoms with van der Waals surface area (Å²) in [6, 6.07) is 0. The second-order valence-corrected chi connectivity index (χ2v) is 9.00. The Hall–Kier alpha value is -1.46. The van der Waals surface area contributed by atoms with Gasteiger partial charge in [0.2, 0.25) is 0 Å². The van der Waals surface area contributed by atoms with Crippen molar-refractivity contribution in [2.45, 2.75) is 12.8 Å². The molecule has 0 radical (unpaired) electrons. The highest BCUT2D eigenvalue weighted by Crippen LogP contribution is 1.95. The Kier molecular flexibility index (Phi) is 9.68. The number of aliphatic hydroxyl groups excluding tert-OH is 1. The molecule has 0 unspecified atom stereocenters. The standard InChI is InChI=1S/C12H20O9S2/c1-22(16,17)8-2-6-20-11(14)4-5-12(15)21-7-3-9-23(18,19)10-13/h4-5,13H,2-3,6-10H2,1H3/b5-4+. The Balaban J connectivity index is 3.88. The Morgan fingerprint density at radius 1 is 0.913 bits per heavy atom. The van der Waals surface area contributed by atoms with Gasteiger partial charge in [0.05, 0.1) is 24.7 Å². The second-order valence-electron chi connectivity index (χ2n) is 4.58. The molecule has 0 aromatic carbocycles. The van der Waals surface area contributed by atoms with Crippen LogP contribution in [0.15, 0.2) is 12.2 Å². The Morgan fingerprint density at radius 2 is 1.35 bits per heavy atom. The van der Waals surface area contributed by atoms with E-state index in [0.717, 1.165) is 18.4 Å². The van der Waals surface area contributed by atoms with Crippen molar-refractivity contribution >= 4 is 31.6 Å². The van der Waals surface area contributed by atoms with E-state index in [4.69, 9.17) is 5.11 Å². The van der Waals surface area contributed by atoms with Gasteiger partial charge in [-0.2, -0.15) is 0 Å². The summed E-state index contributed by atoms with van der Waals surface area (Å²) in [5.41, 5.74) is 0. The van der Waals surface area contributed by atoms with Crippen molar-refractivity contribution in [2.24, 2.45) is 0 Å². The summed E-state index contributed by atoms with van der Waals surface area (Å²) in [4.78, 5) is 22.4. The SMILES string of the molecule is CS(=O)(=O)CCCOC(=O)/C=C/C(=O)OCCCS(=O)(=O)CO. The summed E-state index contributed by atoms with van der Waals surface area (Å²) >= 11 is 0. The Labute approximate surface area is 135 Å². The van der Waals surface area contributed by atoms with Crippen molar-refractivity contribution in [3.63, 3.8) is 0 Å². The Morgan fingerprint density at radius 3 is 1.74 bits per heavy atom. The van der Waals surface area contributed by atoms with Crippen molar-refractivity contribution in [2.75, 3.05) is 36.9 Å². The molecule has 9 nitrogen and oxygen atoms in total. The first-order chi connectivity index (χ1) is 10.6. The van der Waals surface area contributed by atoms with E-state index >= 15 is 0 Å². The molecule has 134 valence electrons. The predicted molar refractivity (Wildman–Crippen MR) is 80.9 cm³/mol. The molecule has 0 saturated heterocycles. The van der Waals surface area contributed by atoms with Gasteiger partial charge in [-0.15, -0.1) is 0 Å². The number of hydrogen-bond donors (Lipinski definition) is 1. The molecule has 0 amide bonds. The van der Waals surface area contributed by atoms with Crippen LogP contribution in [-0.2, 0) is 38.7 Å². The van der Waals surface area contributed by atoms with Gasteiger partial charge in [0, 0.05) is 18.4 Å². The molecule has 0 aliphatic rings. The maximum atomic E-state index is 11.2. The highest BCUT2D eigenvalue weighted by atomic mass is 32.2. The zero-order valence-corrected chi connectivity index (χ0v) is 14.3. The molecule has 1 N–H and O–H groups in total. The minimum absolute atomic E-state index is 0.0262. The molecule has 0 spiro atoms. The van der Waals surface area contributed by atoms with Crippen molar-refractivity contribution in [1.82, 2.24) is 0 Å². The molecule has 0 aromatic rings. The average Bonchev–Trinajstić information content (AvgIpc) is 2.45. The number of sulfone groups is 2. The molecule has 11 heteroatoms. The fraction of sp³-hybridized carbons (Fsp3) is 0.667. The molecule has 0 atom stereocenters. The van der Waals surface area contributed by atoms with Gasteiger partial charge in [0.1, 0.15) is 15.8 Å². The summed E-state index contributed by atoms with van der Waals surface area (Å²) in [6.45, 7) is -0.268. The lowest BCUT2D eigenvalue weighted by molar-refractivity contribution is -0.140. The van der Waals surface area contributed by atoms with E-state index in [1.165, 1.54) is 0 Å². The van der Waals surface area contributed by atoms with Crippen molar-refractivity contribution < 1.29 is 41.0 Å². The lowest BCUT2D eigenvalue weighted by atomic mass is 10.5. The van der Waals surface area contributed by atoms with E-state index < -0.39 is 37.6 Å². The molecule has 23 heavy (non-hydrogen) atoms. The molecule has 0 bridgehead atoms. The summed E-state index contributed by atoms with van der Waals surface area (Å²) in [6.07, 6.45) is 2.89. The number of hydrogen-bond acceptors (Lipinski definition) is 9. The van der Waals surface area contributed by atoms with E-state index in [1.54, 1.807) is 0 Å². The van der Waals surface area contributed by atoms with Crippen LogP contribution >= 0.6 is 0 Å². The van der Waals surface area contributed by atoms with Gasteiger partial charge < -0.3 is 14.6 Å². The number of ether oxygens (including phenoxy) is 2. The van der Waals surface area contributed by atoms with Crippen LogP contribution in [0.1, 0.15) is 12.8 Å². The maximum Gasteiger partial charge on any atom is 0.331 e. The summed E-state index contributed by atoms with van der Waals surface area (Å²) < 4.78 is 52.9. The van der Waals surface area contributed by atoms with Crippen LogP contribution in [0.4, 0.5) is 0 Å². The quantitative estimate of drug-likeness (QED) is 0.269. The van der Waals surface area contributed by atoms with Gasteiger partial charge in [-0.3, -0.25) is 0 Å². The van der Waals surface area contributed by atoms with E-state index in [1.807, 2.05) is 0 Å². The van der Waals surface area contributed by atoms with Crippen molar-refractivity contribution in [3.05, 3.63) is 12.2 Å². The van der Waals surface area contributed by atoms with Crippen LogP contribution < -0.4 is 0 Å². The second kappa shape index (κ2) is 10.3. The van der Waals surface area contributed by atoms with Gasteiger partial charge in [-0.1, -0.05) is 0 Å². The van der Waals surface area contributed by atoms with Crippen LogP contribution in [0.25, 0.3) is 0 Å². The molecule has 0 fully saturated rings. The highest BCUT2D eigenvalue weighted by Gasteiger charge is 2.09. The third-order valence-corrected chi connectivity index (χ3v) is 4.63. The van der Waals surface area contributed by atoms with Crippen LogP contribution in [0.5, 0.6) is 0 Å². The van der Waals surface area contributed by atoms with Crippen LogP contribution in [0.2, 0.25) is 0 Å². The monoisotopic (exact) mass is 372 g/mol. The first-order valence-corrected chi connectivity index (χ1v) is 10.4. The van der Waals surface area contributed by atoms with Gasteiger partial charge in [-0.25, -0.2) is 26.4 Å². The van der Waals surface area contributed by atoms with E-state index in [-0.39, 0.29) is 37.6 Å². The molecular formula is C12H20O9S2. The van der Waals surface area contributed by atoms with Crippen LogP contribution in [0.3, 0.4) is 0 Å². The smallest absolute Gasteiger partial charge is 0.331 e. The third kappa shape index (κ3) is 13.9. The Bertz CT molecular complexity index is 617. The van der Waals surface area contributed by atoms with E-state index in [0.29, 0.717) is 0 Å². The molecule has 0 rings (SSSR count). The number of carbonyl (C=O) groups is 2. The minimum Gasteiger partial charge on any atom is -0.462 e. The summed E-state index contributed by atoms with van der Waals surface area (Å²) in [5.74, 6) is -3.06. The minimum atomic E-state index is -3.54. The molecule has 0 aliphatic carbocycles. The van der Waals surface area contributed by atoms with Gasteiger partial charge >= 0.3 is 11.9 Å². The van der Waals surface area contributed by atoms with E-state index in [9.17, 15) is 26.4 Å². The first kappa shape index (κ1) is 21.5. The average molecular weight is 372 g/mol. The highest BCUT2D eigenvalue weighted by molar-refractivity contribution is 7.91. The normalized spacial score (nSPS) is 12.3. The fourth-order valence-corrected chi connectivity index (χ4v) is 2.57. The topological polar surface area (TPSA) is 141 Å². The number of carbonyl (C=O) groups excluding carboxylic acids is 2. The molecule has 0 aliphatic heterocycles. The van der Waals surface area contributed by atoms with Crippen LogP contribution in [0, 0.1) is 0 Å². The maximum absolute atomic E-state index is 11.2. The van der Waals surface area contributed by atoms with Crippen molar-refractivity contribution in [3.8, 4) is 0 Å². The largest absolute Gasteiger partial charge is 0.462 e. The van der Waals surface area contributed by atoms with Gasteiger partial charge in [-0.05, 0) is 12.8 Å². The summed E-state index contributed by atoms with van der Waals surface area (Å²) in [7, 11) is -6.65. The predicted octanol–water partition coefficient (Wildman–Crippen LogP) is -1.18. The number of esters is 2. The lowest BCUT2D eigenvalue weighted by Gasteiger charge is -2.02. The molecule has 0 aromatic heterocycles. The van der Waals surface area contributed by atoms with Gasteiger partial charge in [0.15, 0.2) is 9.84 Å². The van der Waals surface area contributed by atoms with Gasteiger partial charge in [0.25, 0.3) is 0 Å². The fourth-order valence-electron chi connectivity index (χ4n) is 1.24. The first-order valence-electron chi connectivity index (χ1n) is 6.56. The number of rotatable bonds is 11. The summed E-state index contributed by atoms with van der Waals surface area (Å²) in [5, 5.41) is 8.49. The third-order valence-electron chi connectivity index (χ3n) is 2.30. The number of aliphatic hydroxyl groups is 1. The lowest BCUT2D eigenvalue weighted by Crippen LogP contribution is -2.13. The zero-order valence-electron chi connectivity index (χ0n) is 12.6. The zero-order chi connectivity index (χ0) is 17.9. The van der Waals surface area contributed by atoms with E-state index in [2.05, 4.69) is 9.47 Å². The molecule has 0 heterocycles.